The van der Waals surface area contributed by atoms with E-state index in [4.69, 9.17) is 9.47 Å². The summed E-state index contributed by atoms with van der Waals surface area (Å²) in [7, 11) is 1.43. The molecule has 0 aliphatic heterocycles. The molecule has 0 saturated heterocycles. The van der Waals surface area contributed by atoms with Crippen LogP contribution in [0, 0.1) is 0 Å². The second-order valence-corrected chi connectivity index (χ2v) is 5.87. The number of ketones is 2. The number of carbonyl (C=O) groups excluding carboxylic acids is 2. The number of hydrogen-bond donors (Lipinski definition) is 2. The number of methoxy groups -OCH3 is 1. The largest absolute Gasteiger partial charge is 0.504 e. The van der Waals surface area contributed by atoms with Gasteiger partial charge in [0.05, 0.1) is 20.1 Å². The van der Waals surface area contributed by atoms with E-state index in [9.17, 15) is 19.8 Å². The number of aromatic hydroxyl groups is 2. The van der Waals surface area contributed by atoms with E-state index >= 15 is 0 Å². The lowest BCUT2D eigenvalue weighted by Gasteiger charge is -2.06. The molecule has 0 radical (unpaired) electrons. The second-order valence-electron chi connectivity index (χ2n) is 5.87. The van der Waals surface area contributed by atoms with Gasteiger partial charge in [0, 0.05) is 0 Å². The Balaban J connectivity index is 1.96. The number of carbonyl (C=O) groups is 2. The quantitative estimate of drug-likeness (QED) is 0.507. The van der Waals surface area contributed by atoms with Gasteiger partial charge in [0.15, 0.2) is 34.6 Å². The smallest absolute Gasteiger partial charge is 0.163 e. The van der Waals surface area contributed by atoms with Crippen LogP contribution in [0.4, 0.5) is 0 Å². The van der Waals surface area contributed by atoms with E-state index in [0.29, 0.717) is 29.2 Å². The minimum atomic E-state index is -0.345. The molecule has 28 heavy (non-hydrogen) atoms. The molecule has 0 bridgehead atoms. The Morgan fingerprint density at radius 2 is 1.39 bits per heavy atom. The zero-order valence-electron chi connectivity index (χ0n) is 15.7. The molecule has 0 unspecified atom stereocenters. The van der Waals surface area contributed by atoms with Crippen LogP contribution < -0.4 is 9.47 Å². The summed E-state index contributed by atoms with van der Waals surface area (Å²) in [5, 5.41) is 19.2. The second kappa shape index (κ2) is 9.97. The van der Waals surface area contributed by atoms with Crippen LogP contribution in [0.1, 0.15) is 24.5 Å². The molecule has 0 heterocycles. The van der Waals surface area contributed by atoms with Gasteiger partial charge in [-0.3, -0.25) is 9.59 Å². The SMILES string of the molecule is CCOc1cc(/C=C/C(=O)CC(=O)/C=C/c2ccc(O)c(OC)c2)ccc1O. The van der Waals surface area contributed by atoms with Gasteiger partial charge < -0.3 is 19.7 Å². The predicted octanol–water partition coefficient (Wildman–Crippen LogP) is 3.76. The van der Waals surface area contributed by atoms with Crippen LogP contribution in [0.3, 0.4) is 0 Å². The highest BCUT2D eigenvalue weighted by Crippen LogP contribution is 2.28. The monoisotopic (exact) mass is 382 g/mol. The van der Waals surface area contributed by atoms with Crippen LogP contribution in [0.25, 0.3) is 12.2 Å². The van der Waals surface area contributed by atoms with Gasteiger partial charge in [0.25, 0.3) is 0 Å². The van der Waals surface area contributed by atoms with Crippen molar-refractivity contribution >= 4 is 23.7 Å². The Labute approximate surface area is 163 Å². The van der Waals surface area contributed by atoms with Crippen LogP contribution in [-0.4, -0.2) is 35.5 Å². The van der Waals surface area contributed by atoms with Crippen molar-refractivity contribution in [3.8, 4) is 23.0 Å². The topological polar surface area (TPSA) is 93.1 Å². The lowest BCUT2D eigenvalue weighted by Crippen LogP contribution is -2.01. The van der Waals surface area contributed by atoms with Gasteiger partial charge >= 0.3 is 0 Å². The molecule has 0 aliphatic carbocycles. The van der Waals surface area contributed by atoms with Crippen LogP contribution in [-0.2, 0) is 9.59 Å². The number of benzene rings is 2. The minimum absolute atomic E-state index is 0.00742. The number of phenolic OH excluding ortho intramolecular Hbond substituents is 2. The third-order valence-electron chi connectivity index (χ3n) is 3.76. The van der Waals surface area contributed by atoms with Crippen molar-refractivity contribution in [2.75, 3.05) is 13.7 Å². The van der Waals surface area contributed by atoms with E-state index in [1.807, 2.05) is 0 Å². The normalized spacial score (nSPS) is 11.1. The van der Waals surface area contributed by atoms with Crippen LogP contribution >= 0.6 is 0 Å². The van der Waals surface area contributed by atoms with Gasteiger partial charge in [-0.15, -0.1) is 0 Å². The summed E-state index contributed by atoms with van der Waals surface area (Å²) in [5.74, 6) is -0.0229. The molecule has 0 atom stereocenters. The molecule has 6 nitrogen and oxygen atoms in total. The fourth-order valence-electron chi connectivity index (χ4n) is 2.37. The van der Waals surface area contributed by atoms with Crippen LogP contribution in [0.5, 0.6) is 23.0 Å². The Morgan fingerprint density at radius 3 is 1.89 bits per heavy atom. The van der Waals surface area contributed by atoms with E-state index in [-0.39, 0.29) is 29.5 Å². The maximum atomic E-state index is 12.0. The number of ether oxygens (including phenoxy) is 2. The zero-order chi connectivity index (χ0) is 20.5. The van der Waals surface area contributed by atoms with Crippen molar-refractivity contribution in [1.82, 2.24) is 0 Å². The average Bonchev–Trinajstić information content (AvgIpc) is 2.68. The van der Waals surface area contributed by atoms with E-state index in [1.165, 1.54) is 31.4 Å². The molecule has 0 aromatic heterocycles. The Bertz CT molecular complexity index is 911. The van der Waals surface area contributed by atoms with E-state index < -0.39 is 0 Å². The summed E-state index contributed by atoms with van der Waals surface area (Å²) in [4.78, 5) is 24.0. The van der Waals surface area contributed by atoms with Crippen molar-refractivity contribution in [2.24, 2.45) is 0 Å². The highest BCUT2D eigenvalue weighted by atomic mass is 16.5. The van der Waals surface area contributed by atoms with Crippen LogP contribution in [0.15, 0.2) is 48.6 Å². The molecule has 6 heteroatoms. The molecule has 0 amide bonds. The predicted molar refractivity (Wildman–Crippen MR) is 107 cm³/mol. The van der Waals surface area contributed by atoms with E-state index in [0.717, 1.165) is 0 Å². The van der Waals surface area contributed by atoms with Gasteiger partial charge in [-0.2, -0.15) is 0 Å². The van der Waals surface area contributed by atoms with Crippen molar-refractivity contribution < 1.29 is 29.3 Å². The van der Waals surface area contributed by atoms with Gasteiger partial charge in [0.2, 0.25) is 0 Å². The lowest BCUT2D eigenvalue weighted by molar-refractivity contribution is -0.121. The van der Waals surface area contributed by atoms with Gasteiger partial charge in [0.1, 0.15) is 0 Å². The summed E-state index contributed by atoms with van der Waals surface area (Å²) < 4.78 is 10.3. The van der Waals surface area contributed by atoms with Gasteiger partial charge in [-0.05, 0) is 54.5 Å². The number of rotatable bonds is 9. The summed E-state index contributed by atoms with van der Waals surface area (Å²) in [6.45, 7) is 2.21. The first-order chi connectivity index (χ1) is 13.4. The number of hydrogen-bond acceptors (Lipinski definition) is 6. The standard InChI is InChI=1S/C22H22O6/c1-3-28-22-13-16(7-11-20(22)26)5-9-18(24)14-17(23)8-4-15-6-10-19(25)21(12-15)27-2/h4-13,25-26H,3,14H2,1-2H3/b8-4+,9-5+. The van der Waals surface area contributed by atoms with Crippen molar-refractivity contribution in [2.45, 2.75) is 13.3 Å². The summed E-state index contributed by atoms with van der Waals surface area (Å²) in [5.41, 5.74) is 1.34. The van der Waals surface area contributed by atoms with E-state index in [2.05, 4.69) is 0 Å². The van der Waals surface area contributed by atoms with Crippen molar-refractivity contribution in [1.29, 1.82) is 0 Å². The lowest BCUT2D eigenvalue weighted by atomic mass is 10.1. The summed E-state index contributed by atoms with van der Waals surface area (Å²) >= 11 is 0. The highest BCUT2D eigenvalue weighted by molar-refractivity contribution is 6.10. The number of phenols is 2. The Morgan fingerprint density at radius 1 is 0.893 bits per heavy atom. The first-order valence-electron chi connectivity index (χ1n) is 8.67. The van der Waals surface area contributed by atoms with Gasteiger partial charge in [-0.25, -0.2) is 0 Å². The van der Waals surface area contributed by atoms with Crippen molar-refractivity contribution in [3.63, 3.8) is 0 Å². The molecule has 2 rings (SSSR count). The molecule has 0 fully saturated rings. The Hall–Kier alpha value is -3.54. The first kappa shape index (κ1) is 20.8. The molecule has 2 aromatic rings. The molecule has 0 aliphatic rings. The van der Waals surface area contributed by atoms with Crippen LogP contribution in [0.2, 0.25) is 0 Å². The first-order valence-corrected chi connectivity index (χ1v) is 8.67. The molecular weight excluding hydrogens is 360 g/mol. The summed E-state index contributed by atoms with van der Waals surface area (Å²) in [6, 6.07) is 9.41. The highest BCUT2D eigenvalue weighted by Gasteiger charge is 2.06. The van der Waals surface area contributed by atoms with Crippen molar-refractivity contribution in [3.05, 3.63) is 59.7 Å². The fraction of sp³-hybridized carbons (Fsp3) is 0.182. The van der Waals surface area contributed by atoms with Gasteiger partial charge in [-0.1, -0.05) is 24.3 Å². The molecule has 2 N–H and O–H groups in total. The fourth-order valence-corrected chi connectivity index (χ4v) is 2.37. The van der Waals surface area contributed by atoms with E-state index in [1.54, 1.807) is 43.3 Å². The molecular formula is C22H22O6. The average molecular weight is 382 g/mol. The third kappa shape index (κ3) is 6.02. The maximum Gasteiger partial charge on any atom is 0.163 e. The molecule has 146 valence electrons. The Kier molecular flexibility index (Phi) is 7.39. The zero-order valence-corrected chi connectivity index (χ0v) is 15.7. The molecule has 0 spiro atoms. The number of allylic oxidation sites excluding steroid dienone is 2. The summed E-state index contributed by atoms with van der Waals surface area (Å²) in [6.07, 6.45) is 5.48. The minimum Gasteiger partial charge on any atom is -0.504 e. The molecule has 0 saturated carbocycles. The third-order valence-corrected chi connectivity index (χ3v) is 3.76. The molecule has 2 aromatic carbocycles. The maximum absolute atomic E-state index is 12.0.